The molecule has 1 amide bonds. The number of para-hydroxylation sites is 2. The molecular formula is C22H26N2O4. The largest absolute Gasteiger partial charge is 0.482 e. The molecule has 0 saturated carbocycles. The Bertz CT molecular complexity index is 818. The van der Waals surface area contributed by atoms with E-state index in [-0.39, 0.29) is 12.0 Å². The number of nitrogens with zero attached hydrogens (tertiary/aromatic N) is 2. The molecule has 1 fully saturated rings. The van der Waals surface area contributed by atoms with Crippen molar-refractivity contribution in [2.24, 2.45) is 0 Å². The third kappa shape index (κ3) is 3.92. The molecule has 6 heteroatoms. The molecule has 0 bridgehead atoms. The molecule has 0 unspecified atom stereocenters. The third-order valence-corrected chi connectivity index (χ3v) is 5.19. The number of ether oxygens (including phenoxy) is 3. The third-order valence-electron chi connectivity index (χ3n) is 5.19. The maximum Gasteiger partial charge on any atom is 0.267 e. The van der Waals surface area contributed by atoms with Crippen molar-refractivity contribution in [3.05, 3.63) is 54.1 Å². The Hall–Kier alpha value is -2.73. The average Bonchev–Trinajstić information content (AvgIpc) is 2.74. The predicted octanol–water partition coefficient (Wildman–Crippen LogP) is 2.71. The Kier molecular flexibility index (Phi) is 5.39. The predicted molar refractivity (Wildman–Crippen MR) is 107 cm³/mol. The Balaban J connectivity index is 1.39. The second kappa shape index (κ2) is 8.10. The fraction of sp³-hybridized carbons (Fsp3) is 0.409. The van der Waals surface area contributed by atoms with E-state index in [0.29, 0.717) is 18.0 Å². The lowest BCUT2D eigenvalue weighted by atomic mass is 10.1. The molecule has 0 aliphatic carbocycles. The van der Waals surface area contributed by atoms with Gasteiger partial charge >= 0.3 is 0 Å². The summed E-state index contributed by atoms with van der Waals surface area (Å²) in [5.74, 6) is 1.21. The van der Waals surface area contributed by atoms with Crippen LogP contribution in [0, 0.1) is 0 Å². The quantitative estimate of drug-likeness (QED) is 0.814. The fourth-order valence-electron chi connectivity index (χ4n) is 3.59. The first kappa shape index (κ1) is 18.6. The summed E-state index contributed by atoms with van der Waals surface area (Å²) in [5.41, 5.74) is 2.27. The number of anilines is 1. The van der Waals surface area contributed by atoms with E-state index in [0.717, 1.165) is 31.9 Å². The fourth-order valence-corrected chi connectivity index (χ4v) is 3.59. The molecule has 148 valence electrons. The van der Waals surface area contributed by atoms with Crippen LogP contribution in [-0.2, 0) is 16.1 Å². The maximum atomic E-state index is 12.9. The maximum absolute atomic E-state index is 12.9. The van der Waals surface area contributed by atoms with Gasteiger partial charge < -0.3 is 24.0 Å². The summed E-state index contributed by atoms with van der Waals surface area (Å²) in [6.45, 7) is 5.75. The van der Waals surface area contributed by atoms with Gasteiger partial charge in [0.25, 0.3) is 5.91 Å². The van der Waals surface area contributed by atoms with Crippen LogP contribution in [0.5, 0.6) is 11.5 Å². The molecule has 2 aromatic carbocycles. The number of carbonyl (C=O) groups is 1. The Morgan fingerprint density at radius 1 is 1.04 bits per heavy atom. The Labute approximate surface area is 165 Å². The molecule has 2 aliphatic rings. The number of morpholine rings is 1. The molecule has 6 nitrogen and oxygen atoms in total. The zero-order chi connectivity index (χ0) is 19.5. The second-order valence-electron chi connectivity index (χ2n) is 7.27. The van der Waals surface area contributed by atoms with Gasteiger partial charge in [0.2, 0.25) is 6.10 Å². The van der Waals surface area contributed by atoms with Gasteiger partial charge in [0.15, 0.2) is 11.5 Å². The van der Waals surface area contributed by atoms with Crippen molar-refractivity contribution < 1.29 is 19.0 Å². The van der Waals surface area contributed by atoms with E-state index in [2.05, 4.69) is 29.2 Å². The first-order chi connectivity index (χ1) is 13.6. The number of carbonyl (C=O) groups excluding carboxylic acids is 1. The van der Waals surface area contributed by atoms with E-state index >= 15 is 0 Å². The number of hydrogen-bond donors (Lipinski definition) is 0. The first-order valence-corrected chi connectivity index (χ1v) is 9.71. The standard InChI is InChI=1S/C22H26N2O4/c1-16-21(28-20-6-4-3-5-19(20)27-16)22(25)23(2)15-17-7-9-18(10-8-17)24-11-13-26-14-12-24/h3-10,16,21H,11-15H2,1-2H3/t16-,21+/m0/s1. The van der Waals surface area contributed by atoms with Gasteiger partial charge in [-0.2, -0.15) is 0 Å². The zero-order valence-electron chi connectivity index (χ0n) is 16.3. The summed E-state index contributed by atoms with van der Waals surface area (Å²) in [6.07, 6.45) is -0.985. The minimum atomic E-state index is -0.646. The zero-order valence-corrected chi connectivity index (χ0v) is 16.3. The average molecular weight is 382 g/mol. The lowest BCUT2D eigenvalue weighted by Crippen LogP contribution is -2.49. The van der Waals surface area contributed by atoms with Gasteiger partial charge in [-0.3, -0.25) is 4.79 Å². The highest BCUT2D eigenvalue weighted by Crippen LogP contribution is 2.34. The molecule has 2 aliphatic heterocycles. The smallest absolute Gasteiger partial charge is 0.267 e. The number of fused-ring (bicyclic) bond motifs is 1. The minimum absolute atomic E-state index is 0.0840. The van der Waals surface area contributed by atoms with Gasteiger partial charge in [-0.05, 0) is 36.8 Å². The normalized spacial score (nSPS) is 21.3. The topological polar surface area (TPSA) is 51.2 Å². The number of rotatable bonds is 4. The van der Waals surface area contributed by atoms with Crippen LogP contribution in [0.25, 0.3) is 0 Å². The number of benzene rings is 2. The molecule has 0 spiro atoms. The monoisotopic (exact) mass is 382 g/mol. The SMILES string of the molecule is C[C@@H]1Oc2ccccc2O[C@H]1C(=O)N(C)Cc1ccc(N2CCOCC2)cc1. The van der Waals surface area contributed by atoms with Crippen LogP contribution >= 0.6 is 0 Å². The van der Waals surface area contributed by atoms with Crippen molar-refractivity contribution in [1.82, 2.24) is 4.90 Å². The van der Waals surface area contributed by atoms with E-state index in [9.17, 15) is 4.79 Å². The van der Waals surface area contributed by atoms with Crippen LogP contribution in [-0.4, -0.2) is 56.4 Å². The van der Waals surface area contributed by atoms with E-state index < -0.39 is 6.10 Å². The minimum Gasteiger partial charge on any atom is -0.482 e. The van der Waals surface area contributed by atoms with E-state index in [1.807, 2.05) is 31.2 Å². The summed E-state index contributed by atoms with van der Waals surface area (Å²) in [7, 11) is 1.80. The molecule has 2 aromatic rings. The molecular weight excluding hydrogens is 356 g/mol. The number of hydrogen-bond acceptors (Lipinski definition) is 5. The molecule has 2 atom stereocenters. The van der Waals surface area contributed by atoms with Crippen LogP contribution in [0.2, 0.25) is 0 Å². The number of amides is 1. The summed E-state index contributed by atoms with van der Waals surface area (Å²) in [4.78, 5) is 16.9. The van der Waals surface area contributed by atoms with Gasteiger partial charge in [0.05, 0.1) is 13.2 Å². The van der Waals surface area contributed by atoms with Gasteiger partial charge in [-0.1, -0.05) is 24.3 Å². The van der Waals surface area contributed by atoms with Gasteiger partial charge in [-0.15, -0.1) is 0 Å². The van der Waals surface area contributed by atoms with Crippen molar-refractivity contribution in [2.45, 2.75) is 25.7 Å². The molecule has 0 N–H and O–H groups in total. The summed E-state index contributed by atoms with van der Waals surface area (Å²) < 4.78 is 17.2. The van der Waals surface area contributed by atoms with Crippen molar-refractivity contribution in [1.29, 1.82) is 0 Å². The highest BCUT2D eigenvalue weighted by molar-refractivity contribution is 5.82. The first-order valence-electron chi connectivity index (χ1n) is 9.71. The van der Waals surface area contributed by atoms with Crippen molar-refractivity contribution >= 4 is 11.6 Å². The van der Waals surface area contributed by atoms with Crippen LogP contribution in [0.1, 0.15) is 12.5 Å². The van der Waals surface area contributed by atoms with E-state index in [1.54, 1.807) is 11.9 Å². The lowest BCUT2D eigenvalue weighted by Gasteiger charge is -2.33. The molecule has 1 saturated heterocycles. The Morgan fingerprint density at radius 3 is 2.36 bits per heavy atom. The lowest BCUT2D eigenvalue weighted by molar-refractivity contribution is -0.143. The van der Waals surface area contributed by atoms with E-state index in [1.165, 1.54) is 5.69 Å². The highest BCUT2D eigenvalue weighted by atomic mass is 16.6. The van der Waals surface area contributed by atoms with Gasteiger partial charge in [0, 0.05) is 32.4 Å². The summed E-state index contributed by atoms with van der Waals surface area (Å²) in [5, 5.41) is 0. The van der Waals surface area contributed by atoms with Crippen molar-refractivity contribution in [2.75, 3.05) is 38.3 Å². The molecule has 2 heterocycles. The van der Waals surface area contributed by atoms with Crippen LogP contribution in [0.4, 0.5) is 5.69 Å². The second-order valence-corrected chi connectivity index (χ2v) is 7.27. The van der Waals surface area contributed by atoms with Crippen molar-refractivity contribution in [3.8, 4) is 11.5 Å². The van der Waals surface area contributed by atoms with Crippen LogP contribution in [0.3, 0.4) is 0 Å². The van der Waals surface area contributed by atoms with Crippen LogP contribution in [0.15, 0.2) is 48.5 Å². The molecule has 4 rings (SSSR count). The highest BCUT2D eigenvalue weighted by Gasteiger charge is 2.35. The van der Waals surface area contributed by atoms with E-state index in [4.69, 9.17) is 14.2 Å². The molecule has 0 aromatic heterocycles. The molecule has 28 heavy (non-hydrogen) atoms. The van der Waals surface area contributed by atoms with Gasteiger partial charge in [-0.25, -0.2) is 0 Å². The molecule has 0 radical (unpaired) electrons. The number of likely N-dealkylation sites (N-methyl/N-ethyl adjacent to an activating group) is 1. The summed E-state index contributed by atoms with van der Waals surface area (Å²) >= 11 is 0. The Morgan fingerprint density at radius 2 is 1.68 bits per heavy atom. The summed E-state index contributed by atoms with van der Waals surface area (Å²) in [6, 6.07) is 15.8. The van der Waals surface area contributed by atoms with Crippen LogP contribution < -0.4 is 14.4 Å². The van der Waals surface area contributed by atoms with Gasteiger partial charge in [0.1, 0.15) is 6.10 Å². The van der Waals surface area contributed by atoms with Crippen molar-refractivity contribution in [3.63, 3.8) is 0 Å².